The molecule has 4 atom stereocenters. The van der Waals surface area contributed by atoms with Gasteiger partial charge in [0.1, 0.15) is 5.69 Å². The Hall–Kier alpha value is -2.74. The summed E-state index contributed by atoms with van der Waals surface area (Å²) in [6.07, 6.45) is 2.94. The third-order valence-electron chi connectivity index (χ3n) is 8.42. The third kappa shape index (κ3) is 2.41. The molecular weight excluding hydrogens is 412 g/mol. The molecule has 6 nitrogen and oxygen atoms in total. The predicted octanol–water partition coefficient (Wildman–Crippen LogP) is 3.50. The number of rotatable bonds is 2. The van der Waals surface area contributed by atoms with Crippen LogP contribution in [0.15, 0.2) is 24.3 Å². The summed E-state index contributed by atoms with van der Waals surface area (Å²) in [4.78, 5) is 18.5. The molecule has 2 aliphatic carbocycles. The lowest BCUT2D eigenvalue weighted by atomic mass is 9.87. The molecule has 3 aromatic rings. The van der Waals surface area contributed by atoms with Crippen molar-refractivity contribution in [1.82, 2.24) is 25.4 Å². The second-order valence-electron chi connectivity index (χ2n) is 10.3. The fourth-order valence-electron chi connectivity index (χ4n) is 6.36. The fourth-order valence-corrected chi connectivity index (χ4v) is 6.36. The van der Waals surface area contributed by atoms with Gasteiger partial charge in [-0.25, -0.2) is 8.78 Å². The largest absolute Gasteiger partial charge is 0.353 e. The van der Waals surface area contributed by atoms with Gasteiger partial charge in [-0.3, -0.25) is 9.89 Å². The first-order valence-corrected chi connectivity index (χ1v) is 11.5. The number of nitrogens with zero attached hydrogens (tertiary/aromatic N) is 2. The van der Waals surface area contributed by atoms with E-state index in [4.69, 9.17) is 0 Å². The molecular formula is C24H25F2N5O. The van der Waals surface area contributed by atoms with E-state index in [1.807, 2.05) is 29.2 Å². The van der Waals surface area contributed by atoms with Gasteiger partial charge in [0.05, 0.1) is 5.69 Å². The molecule has 0 spiro atoms. The van der Waals surface area contributed by atoms with Crippen molar-refractivity contribution >= 4 is 16.8 Å². The van der Waals surface area contributed by atoms with Crippen molar-refractivity contribution in [3.05, 3.63) is 41.1 Å². The molecule has 3 fully saturated rings. The first-order chi connectivity index (χ1) is 15.3. The number of nitrogens with one attached hydrogen (secondary N) is 3. The maximum absolute atomic E-state index is 14.3. The minimum atomic E-state index is -2.61. The molecule has 32 heavy (non-hydrogen) atoms. The highest BCUT2D eigenvalue weighted by Gasteiger charge is 2.78. The van der Waals surface area contributed by atoms with Crippen LogP contribution < -0.4 is 5.32 Å². The summed E-state index contributed by atoms with van der Waals surface area (Å²) < 4.78 is 28.5. The van der Waals surface area contributed by atoms with Crippen LogP contribution in [0.2, 0.25) is 0 Å². The number of hydrogen-bond acceptors (Lipinski definition) is 3. The molecule has 1 amide bonds. The van der Waals surface area contributed by atoms with Gasteiger partial charge in [0.15, 0.2) is 0 Å². The van der Waals surface area contributed by atoms with E-state index < -0.39 is 17.3 Å². The molecule has 2 bridgehead atoms. The second-order valence-corrected chi connectivity index (χ2v) is 10.3. The van der Waals surface area contributed by atoms with Gasteiger partial charge in [0.2, 0.25) is 0 Å². The highest BCUT2D eigenvalue weighted by Crippen LogP contribution is 2.70. The average molecular weight is 437 g/mol. The van der Waals surface area contributed by atoms with Crippen LogP contribution in [0.3, 0.4) is 0 Å². The Balaban J connectivity index is 1.19. The number of carbonyl (C=O) groups is 1. The standard InChI is InChI=1S/C24H25F2N5O/c1-23-9-19-16(8-20(23)24(23,25)26)21(30-29-19)18-6-12-2-3-13(7-17(12)28-18)22(32)31-10-14-4-5-15(11-31)27-14/h2-3,6-7,14-15,20,27-28H,4-5,8-11H2,1H3,(H,29,30)/t14?,15?,20-,23+/m0/s1. The number of likely N-dealkylation sites (tertiary alicyclic amines) is 1. The zero-order valence-electron chi connectivity index (χ0n) is 17.8. The minimum absolute atomic E-state index is 0.0637. The van der Waals surface area contributed by atoms with Gasteiger partial charge in [-0.2, -0.15) is 5.10 Å². The molecule has 7 rings (SSSR count). The summed E-state index contributed by atoms with van der Waals surface area (Å²) in [7, 11) is 0. The summed E-state index contributed by atoms with van der Waals surface area (Å²) in [5.41, 5.74) is 3.82. The van der Waals surface area contributed by atoms with Crippen molar-refractivity contribution in [2.75, 3.05) is 13.1 Å². The van der Waals surface area contributed by atoms with E-state index in [1.165, 1.54) is 0 Å². The number of piperazine rings is 1. The Morgan fingerprint density at radius 2 is 1.97 bits per heavy atom. The Morgan fingerprint density at radius 1 is 1.19 bits per heavy atom. The van der Waals surface area contributed by atoms with E-state index in [-0.39, 0.29) is 5.91 Å². The van der Waals surface area contributed by atoms with Crippen LogP contribution in [0.5, 0.6) is 0 Å². The number of fused-ring (bicyclic) bond motifs is 5. The van der Waals surface area contributed by atoms with Crippen LogP contribution in [0.25, 0.3) is 22.3 Å². The Morgan fingerprint density at radius 3 is 2.75 bits per heavy atom. The van der Waals surface area contributed by atoms with Crippen LogP contribution in [0.1, 0.15) is 41.4 Å². The van der Waals surface area contributed by atoms with E-state index in [0.717, 1.165) is 53.8 Å². The lowest BCUT2D eigenvalue weighted by molar-refractivity contribution is 0.0631. The highest BCUT2D eigenvalue weighted by molar-refractivity contribution is 5.99. The van der Waals surface area contributed by atoms with E-state index >= 15 is 0 Å². The number of aromatic nitrogens is 3. The van der Waals surface area contributed by atoms with Crippen molar-refractivity contribution in [2.24, 2.45) is 11.3 Å². The highest BCUT2D eigenvalue weighted by atomic mass is 19.3. The molecule has 2 aromatic heterocycles. The van der Waals surface area contributed by atoms with Gasteiger partial charge in [0, 0.05) is 70.7 Å². The fraction of sp³-hybridized carbons (Fsp3) is 0.500. The van der Waals surface area contributed by atoms with Gasteiger partial charge in [-0.1, -0.05) is 13.0 Å². The quantitative estimate of drug-likeness (QED) is 0.574. The Kier molecular flexibility index (Phi) is 3.51. The summed E-state index contributed by atoms with van der Waals surface area (Å²) in [5, 5.41) is 12.0. The number of halogens is 2. The first-order valence-electron chi connectivity index (χ1n) is 11.5. The Labute approximate surface area is 183 Å². The van der Waals surface area contributed by atoms with E-state index in [0.29, 0.717) is 36.2 Å². The normalized spacial score (nSPS) is 32.1. The molecule has 4 aliphatic rings. The van der Waals surface area contributed by atoms with Crippen LogP contribution in [0.4, 0.5) is 8.78 Å². The zero-order chi connectivity index (χ0) is 21.8. The number of aromatic amines is 2. The van der Waals surface area contributed by atoms with Crippen LogP contribution in [-0.2, 0) is 12.8 Å². The summed E-state index contributed by atoms with van der Waals surface area (Å²) in [5.74, 6) is -3.15. The van der Waals surface area contributed by atoms with Crippen molar-refractivity contribution < 1.29 is 13.6 Å². The first kappa shape index (κ1) is 18.8. The average Bonchev–Trinajstić information content (AvgIpc) is 3.29. The summed E-state index contributed by atoms with van der Waals surface area (Å²) in [6.45, 7) is 3.19. The van der Waals surface area contributed by atoms with Crippen LogP contribution >= 0.6 is 0 Å². The van der Waals surface area contributed by atoms with Crippen LogP contribution in [0, 0.1) is 11.3 Å². The molecule has 4 heterocycles. The van der Waals surface area contributed by atoms with Gasteiger partial charge in [-0.05, 0) is 37.5 Å². The monoisotopic (exact) mass is 437 g/mol. The topological polar surface area (TPSA) is 76.8 Å². The molecule has 1 saturated carbocycles. The number of H-pyrrole nitrogens is 2. The smallest absolute Gasteiger partial charge is 0.258 e. The van der Waals surface area contributed by atoms with Crippen molar-refractivity contribution in [2.45, 2.75) is 50.6 Å². The molecule has 2 aliphatic heterocycles. The number of alkyl halides is 2. The molecule has 3 N–H and O–H groups in total. The maximum atomic E-state index is 14.3. The maximum Gasteiger partial charge on any atom is 0.258 e. The molecule has 1 aromatic carbocycles. The number of hydrogen-bond donors (Lipinski definition) is 3. The molecule has 2 unspecified atom stereocenters. The zero-order valence-corrected chi connectivity index (χ0v) is 17.8. The molecule has 166 valence electrons. The number of amides is 1. The summed E-state index contributed by atoms with van der Waals surface area (Å²) in [6, 6.07) is 8.53. The second kappa shape index (κ2) is 5.98. The number of benzene rings is 1. The van der Waals surface area contributed by atoms with Crippen molar-refractivity contribution in [3.63, 3.8) is 0 Å². The van der Waals surface area contributed by atoms with E-state index in [1.54, 1.807) is 6.92 Å². The summed E-state index contributed by atoms with van der Waals surface area (Å²) >= 11 is 0. The van der Waals surface area contributed by atoms with Gasteiger partial charge in [0.25, 0.3) is 11.8 Å². The third-order valence-corrected chi connectivity index (χ3v) is 8.42. The predicted molar refractivity (Wildman–Crippen MR) is 116 cm³/mol. The minimum Gasteiger partial charge on any atom is -0.353 e. The lowest BCUT2D eigenvalue weighted by Crippen LogP contribution is -2.53. The Bertz CT molecular complexity index is 1270. The van der Waals surface area contributed by atoms with Gasteiger partial charge < -0.3 is 15.2 Å². The van der Waals surface area contributed by atoms with Crippen molar-refractivity contribution in [1.29, 1.82) is 0 Å². The molecule has 0 radical (unpaired) electrons. The van der Waals surface area contributed by atoms with Crippen molar-refractivity contribution in [3.8, 4) is 11.4 Å². The van der Waals surface area contributed by atoms with E-state index in [2.05, 4.69) is 20.5 Å². The lowest BCUT2D eigenvalue weighted by Gasteiger charge is -2.33. The SMILES string of the molecule is C[C@@]12Cc3[nH]nc(-c4cc5ccc(C(=O)N6CC7CCC(C6)N7)cc5[nH]4)c3C[C@@H]1C2(F)F. The van der Waals surface area contributed by atoms with Gasteiger partial charge >= 0.3 is 0 Å². The number of carbonyl (C=O) groups excluding carboxylic acids is 1. The molecule has 2 saturated heterocycles. The van der Waals surface area contributed by atoms with Crippen LogP contribution in [-0.4, -0.2) is 57.1 Å². The van der Waals surface area contributed by atoms with E-state index in [9.17, 15) is 13.6 Å². The van der Waals surface area contributed by atoms with Gasteiger partial charge in [-0.15, -0.1) is 0 Å². The molecule has 8 heteroatoms.